The lowest BCUT2D eigenvalue weighted by atomic mass is 9.92. The highest BCUT2D eigenvalue weighted by molar-refractivity contribution is 6.01. The standard InChI is InChI=1S/C49H31N7/c1-3-9-32(10-4-1)39-24-41(30-52-28-39)48-54-47(55-49(56-48)42-25-40(29-53-31-42)33-11-5-2-6-12-33)38-22-36(43-15-7-13-34-26-50-19-17-45(34)43)21-37(23-38)44-16-8-14-35-27-51-20-18-46(35)44/h1-31H. The quantitative estimate of drug-likeness (QED) is 0.162. The average Bonchev–Trinajstić information content (AvgIpc) is 3.29. The number of hydrogen-bond donors (Lipinski definition) is 0. The van der Waals surface area contributed by atoms with Crippen LogP contribution in [0.4, 0.5) is 0 Å². The lowest BCUT2D eigenvalue weighted by Crippen LogP contribution is -2.01. The Kier molecular flexibility index (Phi) is 8.35. The minimum absolute atomic E-state index is 0.514. The van der Waals surface area contributed by atoms with E-state index in [9.17, 15) is 0 Å². The van der Waals surface area contributed by atoms with Gasteiger partial charge in [0.05, 0.1) is 0 Å². The fourth-order valence-electron chi connectivity index (χ4n) is 7.28. The van der Waals surface area contributed by atoms with Gasteiger partial charge in [0.2, 0.25) is 0 Å². The summed E-state index contributed by atoms with van der Waals surface area (Å²) in [5, 5.41) is 4.35. The number of nitrogens with zero attached hydrogens (tertiary/aromatic N) is 7. The van der Waals surface area contributed by atoms with E-state index in [1.807, 2.05) is 86.0 Å². The normalized spacial score (nSPS) is 11.2. The monoisotopic (exact) mass is 717 g/mol. The molecule has 5 aromatic carbocycles. The maximum atomic E-state index is 5.21. The lowest BCUT2D eigenvalue weighted by molar-refractivity contribution is 1.07. The third kappa shape index (κ3) is 6.33. The van der Waals surface area contributed by atoms with Gasteiger partial charge in [0.25, 0.3) is 0 Å². The molecule has 0 amide bonds. The first-order valence-electron chi connectivity index (χ1n) is 18.3. The second kappa shape index (κ2) is 14.2. The Morgan fingerprint density at radius 1 is 0.268 bits per heavy atom. The van der Waals surface area contributed by atoms with Gasteiger partial charge in [-0.15, -0.1) is 0 Å². The maximum Gasteiger partial charge on any atom is 0.165 e. The van der Waals surface area contributed by atoms with Crippen molar-refractivity contribution in [1.82, 2.24) is 34.9 Å². The maximum absolute atomic E-state index is 5.21. The molecule has 0 spiro atoms. The predicted octanol–water partition coefficient (Wildman–Crippen LogP) is 11.4. The van der Waals surface area contributed by atoms with Gasteiger partial charge >= 0.3 is 0 Å². The van der Waals surface area contributed by atoms with Crippen molar-refractivity contribution in [2.75, 3.05) is 0 Å². The zero-order valence-corrected chi connectivity index (χ0v) is 30.0. The highest BCUT2D eigenvalue weighted by Crippen LogP contribution is 2.38. The van der Waals surface area contributed by atoms with E-state index in [1.165, 1.54) is 0 Å². The van der Waals surface area contributed by atoms with Crippen LogP contribution in [0, 0.1) is 0 Å². The summed E-state index contributed by atoms with van der Waals surface area (Å²) in [4.78, 5) is 33.6. The summed E-state index contributed by atoms with van der Waals surface area (Å²) in [6, 6.07) is 48.0. The van der Waals surface area contributed by atoms with E-state index >= 15 is 0 Å². The molecule has 0 bridgehead atoms. The van der Waals surface area contributed by atoms with Crippen LogP contribution in [0.15, 0.2) is 189 Å². The van der Waals surface area contributed by atoms with Crippen molar-refractivity contribution in [2.45, 2.75) is 0 Å². The van der Waals surface area contributed by atoms with Crippen LogP contribution in [-0.4, -0.2) is 34.9 Å². The highest BCUT2D eigenvalue weighted by Gasteiger charge is 2.18. The Balaban J connectivity index is 1.22. The molecule has 0 aliphatic carbocycles. The van der Waals surface area contributed by atoms with E-state index < -0.39 is 0 Å². The number of fused-ring (bicyclic) bond motifs is 2. The molecule has 10 rings (SSSR count). The first kappa shape index (κ1) is 32.8. The van der Waals surface area contributed by atoms with E-state index in [4.69, 9.17) is 15.0 Å². The van der Waals surface area contributed by atoms with E-state index in [0.717, 1.165) is 82.7 Å². The molecule has 0 aliphatic rings. The second-order valence-corrected chi connectivity index (χ2v) is 13.6. The molecule has 10 aromatic rings. The molecule has 0 radical (unpaired) electrons. The zero-order chi connectivity index (χ0) is 37.3. The molecule has 7 nitrogen and oxygen atoms in total. The van der Waals surface area contributed by atoms with E-state index in [2.05, 4.69) is 123 Å². The van der Waals surface area contributed by atoms with Crippen LogP contribution in [-0.2, 0) is 0 Å². The van der Waals surface area contributed by atoms with Crippen molar-refractivity contribution in [3.63, 3.8) is 0 Å². The van der Waals surface area contributed by atoms with Crippen LogP contribution in [0.1, 0.15) is 0 Å². The minimum Gasteiger partial charge on any atom is -0.264 e. The molecular formula is C49H31N7. The van der Waals surface area contributed by atoms with Gasteiger partial charge in [-0.3, -0.25) is 19.9 Å². The first-order valence-corrected chi connectivity index (χ1v) is 18.3. The molecule has 0 fully saturated rings. The SMILES string of the molecule is c1ccc(-c2cncc(-c3nc(-c4cncc(-c5ccccc5)c4)nc(-c4cc(-c5cccc6cnccc56)cc(-c5cccc6cnccc56)c4)n3)c2)cc1. The van der Waals surface area contributed by atoms with Crippen molar-refractivity contribution < 1.29 is 0 Å². The van der Waals surface area contributed by atoms with Crippen molar-refractivity contribution in [1.29, 1.82) is 0 Å². The van der Waals surface area contributed by atoms with Crippen LogP contribution in [0.2, 0.25) is 0 Å². The van der Waals surface area contributed by atoms with Crippen molar-refractivity contribution in [3.8, 4) is 78.7 Å². The minimum atomic E-state index is 0.514. The summed E-state index contributed by atoms with van der Waals surface area (Å²) >= 11 is 0. The van der Waals surface area contributed by atoms with E-state index in [0.29, 0.717) is 17.5 Å². The molecule has 5 heterocycles. The summed E-state index contributed by atoms with van der Waals surface area (Å²) < 4.78 is 0. The summed E-state index contributed by atoms with van der Waals surface area (Å²) in [5.74, 6) is 1.56. The summed E-state index contributed by atoms with van der Waals surface area (Å²) in [6.45, 7) is 0. The molecule has 7 heteroatoms. The molecule has 0 unspecified atom stereocenters. The Labute approximate surface area is 323 Å². The lowest BCUT2D eigenvalue weighted by Gasteiger charge is -2.15. The van der Waals surface area contributed by atoms with Gasteiger partial charge < -0.3 is 0 Å². The fraction of sp³-hybridized carbons (Fsp3) is 0. The molecule has 0 N–H and O–H groups in total. The van der Waals surface area contributed by atoms with Crippen LogP contribution in [0.25, 0.3) is 100 Å². The predicted molar refractivity (Wildman–Crippen MR) is 224 cm³/mol. The van der Waals surface area contributed by atoms with Crippen LogP contribution in [0.5, 0.6) is 0 Å². The Hall–Kier alpha value is -7.77. The van der Waals surface area contributed by atoms with Crippen molar-refractivity contribution >= 4 is 21.5 Å². The summed E-state index contributed by atoms with van der Waals surface area (Å²) in [6.07, 6.45) is 14.8. The smallest absolute Gasteiger partial charge is 0.165 e. The van der Waals surface area contributed by atoms with Gasteiger partial charge in [-0.25, -0.2) is 15.0 Å². The van der Waals surface area contributed by atoms with Gasteiger partial charge in [0.15, 0.2) is 17.5 Å². The van der Waals surface area contributed by atoms with Crippen molar-refractivity contribution in [2.24, 2.45) is 0 Å². The Morgan fingerprint density at radius 3 is 1.16 bits per heavy atom. The van der Waals surface area contributed by atoms with Gasteiger partial charge in [-0.2, -0.15) is 0 Å². The first-order chi connectivity index (χ1) is 27.7. The molecule has 0 saturated heterocycles. The van der Waals surface area contributed by atoms with Crippen LogP contribution < -0.4 is 0 Å². The van der Waals surface area contributed by atoms with Gasteiger partial charge in [-0.05, 0) is 86.6 Å². The van der Waals surface area contributed by atoms with Crippen molar-refractivity contribution in [3.05, 3.63) is 189 Å². The Bertz CT molecular complexity index is 2830. The molecule has 0 atom stereocenters. The highest BCUT2D eigenvalue weighted by atomic mass is 15.0. The van der Waals surface area contributed by atoms with Gasteiger partial charge in [0.1, 0.15) is 0 Å². The summed E-state index contributed by atoms with van der Waals surface area (Å²) in [5.41, 5.74) is 10.7. The van der Waals surface area contributed by atoms with Crippen LogP contribution >= 0.6 is 0 Å². The molecule has 262 valence electrons. The number of rotatable bonds is 7. The van der Waals surface area contributed by atoms with Gasteiger partial charge in [-0.1, -0.05) is 97.1 Å². The number of hydrogen-bond acceptors (Lipinski definition) is 7. The molecule has 5 aromatic heterocycles. The topological polar surface area (TPSA) is 90.2 Å². The second-order valence-electron chi connectivity index (χ2n) is 13.6. The number of benzene rings is 5. The number of aromatic nitrogens is 7. The Morgan fingerprint density at radius 2 is 0.679 bits per heavy atom. The third-order valence-corrected chi connectivity index (χ3v) is 10.0. The largest absolute Gasteiger partial charge is 0.264 e. The zero-order valence-electron chi connectivity index (χ0n) is 30.0. The van der Waals surface area contributed by atoms with E-state index in [-0.39, 0.29) is 0 Å². The van der Waals surface area contributed by atoms with Crippen LogP contribution in [0.3, 0.4) is 0 Å². The molecular weight excluding hydrogens is 687 g/mol. The third-order valence-electron chi connectivity index (χ3n) is 10.0. The molecule has 0 saturated carbocycles. The number of pyridine rings is 4. The summed E-state index contributed by atoms with van der Waals surface area (Å²) in [7, 11) is 0. The van der Waals surface area contributed by atoms with Gasteiger partial charge in [0, 0.05) is 88.2 Å². The van der Waals surface area contributed by atoms with E-state index in [1.54, 1.807) is 0 Å². The molecule has 0 aliphatic heterocycles. The fourth-order valence-corrected chi connectivity index (χ4v) is 7.28. The molecule has 56 heavy (non-hydrogen) atoms. The average molecular weight is 718 g/mol.